The Hall–Kier alpha value is -2.80. The topological polar surface area (TPSA) is 74.2 Å². The SMILES string of the molecule is CNC1CCCC(F)[C@@H](N(C)c2ccc(-c3cc4cccnc4cc3O)nn2)C1. The molecule has 7 heteroatoms. The van der Waals surface area contributed by atoms with Crippen LogP contribution in [-0.4, -0.2) is 52.6 Å². The first-order valence-corrected chi connectivity index (χ1v) is 10.0. The smallest absolute Gasteiger partial charge is 0.151 e. The van der Waals surface area contributed by atoms with Crippen molar-refractivity contribution in [3.8, 4) is 17.0 Å². The predicted molar refractivity (Wildman–Crippen MR) is 113 cm³/mol. The molecular formula is C22H26FN5O. The van der Waals surface area contributed by atoms with Crippen molar-refractivity contribution >= 4 is 16.7 Å². The monoisotopic (exact) mass is 395 g/mol. The molecule has 1 fully saturated rings. The fourth-order valence-corrected chi connectivity index (χ4v) is 4.11. The van der Waals surface area contributed by atoms with Gasteiger partial charge in [0.25, 0.3) is 0 Å². The molecule has 2 heterocycles. The molecule has 29 heavy (non-hydrogen) atoms. The first-order valence-electron chi connectivity index (χ1n) is 10.0. The molecule has 0 saturated heterocycles. The van der Waals surface area contributed by atoms with Crippen molar-refractivity contribution in [3.05, 3.63) is 42.6 Å². The minimum Gasteiger partial charge on any atom is -0.507 e. The van der Waals surface area contributed by atoms with Crippen LogP contribution in [0, 0.1) is 0 Å². The van der Waals surface area contributed by atoms with Gasteiger partial charge in [-0.05, 0) is 57.0 Å². The van der Waals surface area contributed by atoms with Crippen molar-refractivity contribution in [3.63, 3.8) is 0 Å². The molecule has 2 N–H and O–H groups in total. The number of nitrogens with zero attached hydrogens (tertiary/aromatic N) is 4. The van der Waals surface area contributed by atoms with Crippen molar-refractivity contribution in [1.82, 2.24) is 20.5 Å². The zero-order chi connectivity index (χ0) is 20.4. The Kier molecular flexibility index (Phi) is 5.58. The van der Waals surface area contributed by atoms with Crippen LogP contribution in [0.2, 0.25) is 0 Å². The average molecular weight is 395 g/mol. The lowest BCUT2D eigenvalue weighted by molar-refractivity contribution is 0.257. The first-order chi connectivity index (χ1) is 14.1. The van der Waals surface area contributed by atoms with Gasteiger partial charge in [-0.3, -0.25) is 4.98 Å². The highest BCUT2D eigenvalue weighted by atomic mass is 19.1. The standard InChI is InChI=1S/C22H26FN5O/c1-24-15-6-3-7-17(23)20(12-15)28(2)22-9-8-18(26-27-22)16-11-14-5-4-10-25-19(14)13-21(16)29/h4-5,8-11,13,15,17,20,24,29H,3,6-7,12H2,1-2H3/t15?,17?,20-/m0/s1. The van der Waals surface area contributed by atoms with Gasteiger partial charge in [-0.1, -0.05) is 6.07 Å². The Labute approximate surface area is 169 Å². The van der Waals surface area contributed by atoms with E-state index in [4.69, 9.17) is 0 Å². The molecule has 4 rings (SSSR count). The van der Waals surface area contributed by atoms with Gasteiger partial charge in [0.05, 0.1) is 17.3 Å². The third-order valence-corrected chi connectivity index (χ3v) is 5.89. The minimum absolute atomic E-state index is 0.107. The van der Waals surface area contributed by atoms with Gasteiger partial charge in [0.1, 0.15) is 11.9 Å². The lowest BCUT2D eigenvalue weighted by Crippen LogP contribution is -2.43. The molecule has 3 atom stereocenters. The molecule has 0 amide bonds. The summed E-state index contributed by atoms with van der Waals surface area (Å²) in [5.41, 5.74) is 1.89. The Morgan fingerprint density at radius 3 is 2.79 bits per heavy atom. The summed E-state index contributed by atoms with van der Waals surface area (Å²) in [6.45, 7) is 0. The number of fused-ring (bicyclic) bond motifs is 1. The molecule has 1 aliphatic carbocycles. The number of nitrogens with one attached hydrogen (secondary N) is 1. The van der Waals surface area contributed by atoms with Crippen molar-refractivity contribution in [2.24, 2.45) is 0 Å². The molecule has 1 aromatic carbocycles. The van der Waals surface area contributed by atoms with E-state index < -0.39 is 6.17 Å². The zero-order valence-electron chi connectivity index (χ0n) is 16.7. The molecule has 0 radical (unpaired) electrons. The third-order valence-electron chi connectivity index (χ3n) is 5.89. The number of alkyl halides is 1. The average Bonchev–Trinajstić information content (AvgIpc) is 2.94. The summed E-state index contributed by atoms with van der Waals surface area (Å²) in [5.74, 6) is 0.733. The first kappa shape index (κ1) is 19.5. The van der Waals surface area contributed by atoms with E-state index in [0.29, 0.717) is 29.5 Å². The number of halogens is 1. The Morgan fingerprint density at radius 2 is 2.03 bits per heavy atom. The van der Waals surface area contributed by atoms with Crippen LogP contribution in [0.3, 0.4) is 0 Å². The summed E-state index contributed by atoms with van der Waals surface area (Å²) < 4.78 is 14.7. The normalized spacial score (nSPS) is 22.4. The number of aromatic hydroxyl groups is 1. The number of anilines is 1. The fraction of sp³-hybridized carbons (Fsp3) is 0.409. The molecule has 152 valence electrons. The summed E-state index contributed by atoms with van der Waals surface area (Å²) in [7, 11) is 3.80. The van der Waals surface area contributed by atoms with Gasteiger partial charge in [-0.25, -0.2) is 4.39 Å². The number of benzene rings is 1. The zero-order valence-corrected chi connectivity index (χ0v) is 16.7. The minimum atomic E-state index is -0.892. The molecule has 2 unspecified atom stereocenters. The van der Waals surface area contributed by atoms with Crippen LogP contribution in [0.4, 0.5) is 10.2 Å². The molecule has 6 nitrogen and oxygen atoms in total. The number of pyridine rings is 1. The molecule has 2 aromatic heterocycles. The summed E-state index contributed by atoms with van der Waals surface area (Å²) in [6, 6.07) is 11.0. The van der Waals surface area contributed by atoms with Crippen LogP contribution in [0.5, 0.6) is 5.75 Å². The van der Waals surface area contributed by atoms with E-state index in [1.54, 1.807) is 12.3 Å². The molecule has 1 aliphatic rings. The highest BCUT2D eigenvalue weighted by Gasteiger charge is 2.31. The van der Waals surface area contributed by atoms with Gasteiger partial charge < -0.3 is 15.3 Å². The number of hydrogen-bond acceptors (Lipinski definition) is 6. The van der Waals surface area contributed by atoms with Crippen molar-refractivity contribution in [1.29, 1.82) is 0 Å². The van der Waals surface area contributed by atoms with Crippen LogP contribution in [-0.2, 0) is 0 Å². The second kappa shape index (κ2) is 8.29. The lowest BCUT2D eigenvalue weighted by Gasteiger charge is -2.31. The van der Waals surface area contributed by atoms with Gasteiger partial charge in [0.15, 0.2) is 5.82 Å². The molecular weight excluding hydrogens is 369 g/mol. The van der Waals surface area contributed by atoms with Crippen LogP contribution in [0.15, 0.2) is 42.6 Å². The van der Waals surface area contributed by atoms with E-state index in [1.165, 1.54) is 0 Å². The quantitative estimate of drug-likeness (QED) is 0.656. The maximum Gasteiger partial charge on any atom is 0.151 e. The predicted octanol–water partition coefficient (Wildman–Crippen LogP) is 3.70. The number of phenols is 1. The van der Waals surface area contributed by atoms with Gasteiger partial charge in [-0.15, -0.1) is 10.2 Å². The maximum absolute atomic E-state index is 14.7. The van der Waals surface area contributed by atoms with Crippen molar-refractivity contribution in [2.75, 3.05) is 19.0 Å². The number of phenolic OH excluding ortho intramolecular Hbond substituents is 1. The highest BCUT2D eigenvalue weighted by molar-refractivity contribution is 5.87. The number of aromatic nitrogens is 3. The third kappa shape index (κ3) is 4.00. The molecule has 1 saturated carbocycles. The number of hydrogen-bond donors (Lipinski definition) is 2. The van der Waals surface area contributed by atoms with E-state index in [1.807, 2.05) is 49.3 Å². The maximum atomic E-state index is 14.7. The summed E-state index contributed by atoms with van der Waals surface area (Å²) >= 11 is 0. The summed E-state index contributed by atoms with van der Waals surface area (Å²) in [6.07, 6.45) is 3.97. The molecule has 0 bridgehead atoms. The van der Waals surface area contributed by atoms with Gasteiger partial charge in [0, 0.05) is 36.3 Å². The Morgan fingerprint density at radius 1 is 1.17 bits per heavy atom. The summed E-state index contributed by atoms with van der Waals surface area (Å²) in [4.78, 5) is 6.14. The van der Waals surface area contributed by atoms with E-state index in [0.717, 1.165) is 30.2 Å². The molecule has 0 aliphatic heterocycles. The highest BCUT2D eigenvalue weighted by Crippen LogP contribution is 2.32. The van der Waals surface area contributed by atoms with Crippen LogP contribution < -0.4 is 10.2 Å². The Bertz CT molecular complexity index is 981. The van der Waals surface area contributed by atoms with E-state index >= 15 is 0 Å². The van der Waals surface area contributed by atoms with Crippen LogP contribution >= 0.6 is 0 Å². The fourth-order valence-electron chi connectivity index (χ4n) is 4.11. The van der Waals surface area contributed by atoms with Crippen LogP contribution in [0.25, 0.3) is 22.2 Å². The van der Waals surface area contributed by atoms with Crippen LogP contribution in [0.1, 0.15) is 25.7 Å². The van der Waals surface area contributed by atoms with E-state index in [9.17, 15) is 9.50 Å². The van der Waals surface area contributed by atoms with E-state index in [-0.39, 0.29) is 11.8 Å². The number of rotatable bonds is 4. The van der Waals surface area contributed by atoms with Crippen molar-refractivity contribution in [2.45, 2.75) is 43.9 Å². The molecule has 0 spiro atoms. The lowest BCUT2D eigenvalue weighted by atomic mass is 10.0. The van der Waals surface area contributed by atoms with Gasteiger partial charge in [0.2, 0.25) is 0 Å². The second-order valence-electron chi connectivity index (χ2n) is 7.69. The Balaban J connectivity index is 1.59. The van der Waals surface area contributed by atoms with Crippen molar-refractivity contribution < 1.29 is 9.50 Å². The summed E-state index contributed by atoms with van der Waals surface area (Å²) in [5, 5.41) is 23.2. The van der Waals surface area contributed by atoms with Gasteiger partial charge >= 0.3 is 0 Å². The molecule has 3 aromatic rings. The van der Waals surface area contributed by atoms with E-state index in [2.05, 4.69) is 20.5 Å². The second-order valence-corrected chi connectivity index (χ2v) is 7.69. The van der Waals surface area contributed by atoms with Gasteiger partial charge in [-0.2, -0.15) is 0 Å². The largest absolute Gasteiger partial charge is 0.507 e.